The number of hydrogen-bond acceptors (Lipinski definition) is 4. The Morgan fingerprint density at radius 2 is 0.500 bits per heavy atom. The molecule has 0 radical (unpaired) electrons. The summed E-state index contributed by atoms with van der Waals surface area (Å²) in [6.07, 6.45) is 0. The molecule has 4 heteroatoms. The molecule has 2 aromatic heterocycles. The number of rotatable bonds is 9. The first-order valence-corrected chi connectivity index (χ1v) is 34.9. The highest BCUT2D eigenvalue weighted by molar-refractivity contribution is 6.25. The maximum absolute atomic E-state index is 6.70. The van der Waals surface area contributed by atoms with Gasteiger partial charge in [0.1, 0.15) is 22.3 Å². The van der Waals surface area contributed by atoms with Crippen molar-refractivity contribution < 1.29 is 8.83 Å². The lowest BCUT2D eigenvalue weighted by Gasteiger charge is -2.29. The van der Waals surface area contributed by atoms with E-state index in [1.54, 1.807) is 0 Å². The summed E-state index contributed by atoms with van der Waals surface area (Å²) < 4.78 is 13.3. The predicted molar refractivity (Wildman–Crippen MR) is 433 cm³/mol. The summed E-state index contributed by atoms with van der Waals surface area (Å²) in [6, 6.07) is 136. The minimum absolute atomic E-state index is 0.885. The maximum Gasteiger partial charge on any atom is 0.145 e. The summed E-state index contributed by atoms with van der Waals surface area (Å²) in [5.41, 5.74) is 17.4. The van der Waals surface area contributed by atoms with Gasteiger partial charge in [-0.2, -0.15) is 0 Å². The van der Waals surface area contributed by atoms with Crippen LogP contribution in [-0.2, 0) is 0 Å². The highest BCUT2D eigenvalue weighted by atomic mass is 16.3. The lowest BCUT2D eigenvalue weighted by Crippen LogP contribution is -2.11. The van der Waals surface area contributed by atoms with Crippen molar-refractivity contribution in [2.75, 3.05) is 9.80 Å². The number of anilines is 6. The molecule has 2 heterocycles. The summed E-state index contributed by atoms with van der Waals surface area (Å²) in [5.74, 6) is 0. The molecule has 0 aliphatic heterocycles. The van der Waals surface area contributed by atoms with Crippen LogP contribution in [0.5, 0.6) is 0 Å². The molecule has 0 fully saturated rings. The maximum atomic E-state index is 6.70. The second kappa shape index (κ2) is 24.2. The fourth-order valence-corrected chi connectivity index (χ4v) is 16.0. The molecule has 4 nitrogen and oxygen atoms in total. The van der Waals surface area contributed by atoms with Crippen LogP contribution in [0.25, 0.3) is 163 Å². The van der Waals surface area contributed by atoms with Crippen LogP contribution in [0, 0.1) is 0 Å². The zero-order valence-electron chi connectivity index (χ0n) is 55.5. The van der Waals surface area contributed by atoms with Crippen LogP contribution < -0.4 is 9.80 Å². The van der Waals surface area contributed by atoms with Gasteiger partial charge in [0.25, 0.3) is 0 Å². The van der Waals surface area contributed by atoms with Gasteiger partial charge in [0.15, 0.2) is 0 Å². The predicted octanol–water partition coefficient (Wildman–Crippen LogP) is 28.3. The fourth-order valence-electron chi connectivity index (χ4n) is 16.0. The van der Waals surface area contributed by atoms with Gasteiger partial charge in [-0.05, 0) is 170 Å². The van der Waals surface area contributed by atoms with Gasteiger partial charge in [-0.1, -0.05) is 309 Å². The number of furan rings is 2. The highest BCUT2D eigenvalue weighted by Crippen LogP contribution is 2.51. The largest absolute Gasteiger partial charge is 0.455 e. The molecular weight excluding hydrogens is 1240 g/mol. The molecular formula is C98H62N2O2. The first-order chi connectivity index (χ1) is 50.6. The Bertz CT molecular complexity index is 6870. The van der Waals surface area contributed by atoms with Crippen molar-refractivity contribution in [1.29, 1.82) is 0 Å². The molecule has 19 aromatic carbocycles. The third kappa shape index (κ3) is 9.83. The molecule has 21 aromatic rings. The Kier molecular flexibility index (Phi) is 13.9. The summed E-state index contributed by atoms with van der Waals surface area (Å²) in [5, 5.41) is 23.8. The zero-order valence-corrected chi connectivity index (χ0v) is 55.5. The zero-order chi connectivity index (χ0) is 67.2. The number of fused-ring (bicyclic) bond motifs is 18. The molecule has 0 amide bonds. The Balaban J connectivity index is 0.000000138. The Labute approximate surface area is 588 Å². The van der Waals surface area contributed by atoms with Crippen LogP contribution in [0.2, 0.25) is 0 Å². The van der Waals surface area contributed by atoms with Crippen molar-refractivity contribution in [3.8, 4) is 33.4 Å². The second-order valence-corrected chi connectivity index (χ2v) is 26.6. The van der Waals surface area contributed by atoms with Crippen LogP contribution in [-0.4, -0.2) is 0 Å². The fraction of sp³-hybridized carbons (Fsp3) is 0. The molecule has 0 atom stereocenters. The van der Waals surface area contributed by atoms with Gasteiger partial charge in [0.2, 0.25) is 0 Å². The third-order valence-corrected chi connectivity index (χ3v) is 20.8. The van der Waals surface area contributed by atoms with E-state index in [1.165, 1.54) is 98.0 Å². The van der Waals surface area contributed by atoms with Crippen LogP contribution in [0.3, 0.4) is 0 Å². The van der Waals surface area contributed by atoms with E-state index >= 15 is 0 Å². The SMILES string of the molecule is c1ccc2c(-c3ccc(-c4ccc(N(c5cc6ccccc6c6ccccc56)c5cc6ccccc6c6oc7ccccc7c56)cc4)cc3)cccc2c1.c1ccc2c(-c3ccc(N(c4ccc5c(ccc6ccccc65)c4)c4cc5ccccc5c5oc6ccccc6c45)cc3)cccc2c1. The van der Waals surface area contributed by atoms with Crippen molar-refractivity contribution >= 4 is 164 Å². The number of hydrogen-bond donors (Lipinski definition) is 0. The lowest BCUT2D eigenvalue weighted by atomic mass is 9.96. The Morgan fingerprint density at radius 1 is 0.176 bits per heavy atom. The quantitative estimate of drug-likeness (QED) is 0.135. The summed E-state index contributed by atoms with van der Waals surface area (Å²) in [7, 11) is 0. The molecule has 476 valence electrons. The molecule has 0 aliphatic carbocycles. The van der Waals surface area contributed by atoms with Gasteiger partial charge in [-0.15, -0.1) is 0 Å². The van der Waals surface area contributed by atoms with E-state index in [2.05, 4.69) is 380 Å². The highest BCUT2D eigenvalue weighted by Gasteiger charge is 2.26. The van der Waals surface area contributed by atoms with Crippen molar-refractivity contribution in [1.82, 2.24) is 0 Å². The van der Waals surface area contributed by atoms with E-state index in [-0.39, 0.29) is 0 Å². The van der Waals surface area contributed by atoms with Gasteiger partial charge in [0.05, 0.1) is 27.8 Å². The number of nitrogens with zero attached hydrogens (tertiary/aromatic N) is 2. The molecule has 0 unspecified atom stereocenters. The molecule has 0 bridgehead atoms. The van der Waals surface area contributed by atoms with Crippen molar-refractivity contribution in [3.63, 3.8) is 0 Å². The van der Waals surface area contributed by atoms with E-state index in [0.29, 0.717) is 0 Å². The van der Waals surface area contributed by atoms with Gasteiger partial charge in [-0.25, -0.2) is 0 Å². The molecule has 0 N–H and O–H groups in total. The Morgan fingerprint density at radius 3 is 1.04 bits per heavy atom. The van der Waals surface area contributed by atoms with Crippen LogP contribution in [0.1, 0.15) is 0 Å². The standard InChI is InChI=1S/C52H33NO.C46H29NO/c1-4-16-41-36(12-1)15-11-22-42(41)37-26-24-34(25-27-37)35-28-30-40(31-29-35)53(48-32-38-13-2-5-17-43(38)45-19-7-8-20-46(45)48)49-33-39-14-3-6-18-44(39)52-51(49)47-21-9-10-23-50(47)54-52;1-4-14-37-30(10-1)13-9-18-39(37)32-22-24-35(25-23-32)47(36-26-27-40-34(28-36)21-20-31-11-2-5-15-38(31)40)43-29-33-12-3-6-16-41(33)46-45(43)42-17-7-8-19-44(42)48-46/h1-33H;1-29H. The van der Waals surface area contributed by atoms with Gasteiger partial charge >= 0.3 is 0 Å². The number of para-hydroxylation sites is 2. The second-order valence-electron chi connectivity index (χ2n) is 26.6. The van der Waals surface area contributed by atoms with Crippen LogP contribution in [0.15, 0.2) is 385 Å². The van der Waals surface area contributed by atoms with E-state index in [9.17, 15) is 0 Å². The van der Waals surface area contributed by atoms with Gasteiger partial charge < -0.3 is 18.6 Å². The smallest absolute Gasteiger partial charge is 0.145 e. The van der Waals surface area contributed by atoms with E-state index in [0.717, 1.165) is 99.5 Å². The molecule has 0 saturated heterocycles. The Hall–Kier alpha value is -13.5. The minimum atomic E-state index is 0.885. The van der Waals surface area contributed by atoms with E-state index in [1.807, 2.05) is 6.07 Å². The van der Waals surface area contributed by atoms with Crippen LogP contribution >= 0.6 is 0 Å². The monoisotopic (exact) mass is 1300 g/mol. The van der Waals surface area contributed by atoms with Crippen molar-refractivity contribution in [2.24, 2.45) is 0 Å². The van der Waals surface area contributed by atoms with E-state index < -0.39 is 0 Å². The molecule has 0 saturated carbocycles. The lowest BCUT2D eigenvalue weighted by molar-refractivity contribution is 0.672. The topological polar surface area (TPSA) is 32.8 Å². The van der Waals surface area contributed by atoms with Gasteiger partial charge in [0, 0.05) is 44.0 Å². The molecule has 0 spiro atoms. The van der Waals surface area contributed by atoms with Crippen molar-refractivity contribution in [2.45, 2.75) is 0 Å². The average molecular weight is 1300 g/mol. The summed E-state index contributed by atoms with van der Waals surface area (Å²) >= 11 is 0. The molecule has 102 heavy (non-hydrogen) atoms. The summed E-state index contributed by atoms with van der Waals surface area (Å²) in [6.45, 7) is 0. The first-order valence-electron chi connectivity index (χ1n) is 34.9. The van der Waals surface area contributed by atoms with Gasteiger partial charge in [-0.3, -0.25) is 0 Å². The average Bonchev–Trinajstić information content (AvgIpc) is 1.36. The van der Waals surface area contributed by atoms with Crippen molar-refractivity contribution in [3.05, 3.63) is 376 Å². The molecule has 21 rings (SSSR count). The third-order valence-electron chi connectivity index (χ3n) is 20.8. The summed E-state index contributed by atoms with van der Waals surface area (Å²) in [4.78, 5) is 4.84. The first kappa shape index (κ1) is 58.6. The minimum Gasteiger partial charge on any atom is -0.455 e. The van der Waals surface area contributed by atoms with E-state index in [4.69, 9.17) is 8.83 Å². The normalized spacial score (nSPS) is 11.7. The number of benzene rings is 19. The van der Waals surface area contributed by atoms with Crippen LogP contribution in [0.4, 0.5) is 34.1 Å². The molecule has 0 aliphatic rings.